The fourth-order valence-electron chi connectivity index (χ4n) is 6.95. The van der Waals surface area contributed by atoms with Gasteiger partial charge in [0.25, 0.3) is 11.8 Å². The Morgan fingerprint density at radius 1 is 0.729 bits per heavy atom. The highest BCUT2D eigenvalue weighted by molar-refractivity contribution is 6.04. The molecule has 4 N–H and O–H groups in total. The average molecular weight is 798 g/mol. The molecule has 16 nitrogen and oxygen atoms in total. The topological polar surface area (TPSA) is 191 Å². The van der Waals surface area contributed by atoms with E-state index in [4.69, 9.17) is 25.2 Å². The van der Waals surface area contributed by atoms with Gasteiger partial charge in [-0.25, -0.2) is 9.97 Å². The Morgan fingerprint density at radius 3 is 1.88 bits per heavy atom. The van der Waals surface area contributed by atoms with Crippen molar-refractivity contribution < 1.29 is 23.9 Å². The molecule has 4 heterocycles. The van der Waals surface area contributed by atoms with Gasteiger partial charge in [-0.3, -0.25) is 34.4 Å². The molecule has 0 aliphatic carbocycles. The number of rotatable bonds is 15. The van der Waals surface area contributed by atoms with E-state index in [1.165, 1.54) is 0 Å². The van der Waals surface area contributed by atoms with Crippen LogP contribution in [-0.2, 0) is 32.8 Å². The predicted octanol–water partition coefficient (Wildman–Crippen LogP) is 6.66. The summed E-state index contributed by atoms with van der Waals surface area (Å²) in [6.45, 7) is 13.5. The molecule has 4 aromatic heterocycles. The number of hydrogen-bond donors (Lipinski definition) is 3. The van der Waals surface area contributed by atoms with Crippen molar-refractivity contribution in [1.82, 2.24) is 38.7 Å². The first kappa shape index (κ1) is 40.0. The number of methoxy groups -OCH3 is 1. The number of hydrogen-bond acceptors (Lipinski definition) is 9. The van der Waals surface area contributed by atoms with E-state index in [0.29, 0.717) is 88.5 Å². The third-order valence-corrected chi connectivity index (χ3v) is 10.2. The van der Waals surface area contributed by atoms with E-state index in [-0.39, 0.29) is 18.4 Å². The summed E-state index contributed by atoms with van der Waals surface area (Å²) < 4.78 is 18.9. The normalized spacial score (nSPS) is 11.8. The lowest BCUT2D eigenvalue weighted by Gasteiger charge is -2.17. The van der Waals surface area contributed by atoms with Crippen LogP contribution in [-0.4, -0.2) is 63.5 Å². The van der Waals surface area contributed by atoms with Crippen molar-refractivity contribution in [1.29, 1.82) is 0 Å². The number of primary amides is 1. The summed E-state index contributed by atoms with van der Waals surface area (Å²) >= 11 is 0. The standard InChI is InChI=1S/C43H47N11O5/c1-8-53-35(19-27(5)49-53)40(56)47-42-46-33-21-30(39(44)55)15-18-34(33)51(42)22-25(3)26(4)23-52-38-32(45-43(52)48-41(57)36-20-28(6)50-54(36)9-2)11-10-12-37(38)59-24-29-13-16-31(58-7)17-14-29/h10-21H,8-9,22-24H2,1-7H3,(H2,44,55)(H,45,48,57)(H,46,47,56). The molecule has 0 unspecified atom stereocenters. The van der Waals surface area contributed by atoms with Gasteiger partial charge in [0.2, 0.25) is 17.8 Å². The molecule has 3 amide bonds. The number of carbonyl (C=O) groups is 3. The van der Waals surface area contributed by atoms with Gasteiger partial charge in [-0.15, -0.1) is 0 Å². The highest BCUT2D eigenvalue weighted by Crippen LogP contribution is 2.32. The molecule has 16 heteroatoms. The molecule has 0 spiro atoms. The number of fused-ring (bicyclic) bond motifs is 2. The Balaban J connectivity index is 1.27. The Bertz CT molecular complexity index is 2750. The fourth-order valence-corrected chi connectivity index (χ4v) is 6.95. The largest absolute Gasteiger partial charge is 0.497 e. The van der Waals surface area contributed by atoms with Crippen molar-refractivity contribution >= 4 is 51.7 Å². The number of imidazole rings is 2. The molecule has 0 aliphatic rings. The summed E-state index contributed by atoms with van der Waals surface area (Å²) in [6, 6.07) is 21.8. The summed E-state index contributed by atoms with van der Waals surface area (Å²) in [6.07, 6.45) is 0. The summed E-state index contributed by atoms with van der Waals surface area (Å²) in [5, 5.41) is 14.9. The number of aromatic nitrogens is 8. The smallest absolute Gasteiger partial charge is 0.276 e. The SMILES string of the molecule is CCn1nc(C)cc1C(=O)Nc1nc2cc(C(N)=O)ccc2n1CC(C)=C(C)Cn1c(NC(=O)c2cc(C)nn2CC)nc2cccc(OCc3ccc(OC)cc3)c21. The lowest BCUT2D eigenvalue weighted by Crippen LogP contribution is -2.21. The number of benzene rings is 3. The lowest BCUT2D eigenvalue weighted by atomic mass is 10.1. The van der Waals surface area contributed by atoms with Crippen molar-refractivity contribution in [3.63, 3.8) is 0 Å². The number of nitrogens with zero attached hydrogens (tertiary/aromatic N) is 8. The maximum Gasteiger partial charge on any atom is 0.276 e. The number of para-hydroxylation sites is 1. The molecular formula is C43H47N11O5. The first-order valence-corrected chi connectivity index (χ1v) is 19.3. The molecule has 0 atom stereocenters. The van der Waals surface area contributed by atoms with Crippen molar-refractivity contribution in [2.75, 3.05) is 17.7 Å². The average Bonchev–Trinajstić information content (AvgIpc) is 3.99. The van der Waals surface area contributed by atoms with Crippen LogP contribution in [0.3, 0.4) is 0 Å². The molecule has 0 bridgehead atoms. The molecule has 0 aliphatic heterocycles. The van der Waals surface area contributed by atoms with Crippen molar-refractivity contribution in [2.24, 2.45) is 5.73 Å². The Hall–Kier alpha value is -7.23. The lowest BCUT2D eigenvalue weighted by molar-refractivity contribution is 0.0995. The van der Waals surface area contributed by atoms with Gasteiger partial charge in [-0.1, -0.05) is 29.3 Å². The number of amides is 3. The van der Waals surface area contributed by atoms with Gasteiger partial charge in [0.05, 0.1) is 35.0 Å². The van der Waals surface area contributed by atoms with Crippen LogP contribution in [0.2, 0.25) is 0 Å². The maximum atomic E-state index is 13.8. The highest BCUT2D eigenvalue weighted by atomic mass is 16.5. The minimum Gasteiger partial charge on any atom is -0.497 e. The molecule has 304 valence electrons. The summed E-state index contributed by atoms with van der Waals surface area (Å²) in [7, 11) is 1.63. The third-order valence-electron chi connectivity index (χ3n) is 10.2. The van der Waals surface area contributed by atoms with Gasteiger partial charge < -0.3 is 24.3 Å². The predicted molar refractivity (Wildman–Crippen MR) is 225 cm³/mol. The van der Waals surface area contributed by atoms with E-state index in [9.17, 15) is 14.4 Å². The van der Waals surface area contributed by atoms with Gasteiger partial charge in [-0.2, -0.15) is 10.2 Å². The van der Waals surface area contributed by atoms with Crippen molar-refractivity contribution in [3.8, 4) is 11.5 Å². The maximum absolute atomic E-state index is 13.8. The molecule has 59 heavy (non-hydrogen) atoms. The molecule has 3 aromatic carbocycles. The third kappa shape index (κ3) is 8.28. The number of allylic oxidation sites excluding steroid dienone is 2. The van der Waals surface area contributed by atoms with E-state index in [1.807, 2.05) is 93.1 Å². The number of nitrogens with two attached hydrogens (primary N) is 1. The number of ether oxygens (including phenoxy) is 2. The van der Waals surface area contributed by atoms with E-state index in [2.05, 4.69) is 20.8 Å². The number of aryl methyl sites for hydroxylation is 4. The van der Waals surface area contributed by atoms with Crippen LogP contribution in [0.1, 0.15) is 76.0 Å². The first-order valence-electron chi connectivity index (χ1n) is 19.3. The van der Waals surface area contributed by atoms with Crippen molar-refractivity contribution in [2.45, 2.75) is 74.3 Å². The zero-order valence-corrected chi connectivity index (χ0v) is 34.2. The molecule has 0 radical (unpaired) electrons. The van der Waals surface area contributed by atoms with Crippen LogP contribution in [0.15, 0.2) is 83.9 Å². The summed E-state index contributed by atoms with van der Waals surface area (Å²) in [5.41, 5.74) is 13.5. The molecule has 0 saturated carbocycles. The van der Waals surface area contributed by atoms with Gasteiger partial charge in [0.15, 0.2) is 0 Å². The van der Waals surface area contributed by atoms with Gasteiger partial charge in [-0.05, 0) is 102 Å². The van der Waals surface area contributed by atoms with Crippen LogP contribution in [0.5, 0.6) is 11.5 Å². The van der Waals surface area contributed by atoms with Crippen LogP contribution in [0.4, 0.5) is 11.9 Å². The van der Waals surface area contributed by atoms with E-state index in [1.54, 1.807) is 46.8 Å². The highest BCUT2D eigenvalue weighted by Gasteiger charge is 2.23. The Morgan fingerprint density at radius 2 is 1.31 bits per heavy atom. The zero-order valence-electron chi connectivity index (χ0n) is 34.2. The van der Waals surface area contributed by atoms with Crippen molar-refractivity contribution in [3.05, 3.63) is 118 Å². The van der Waals surface area contributed by atoms with E-state index >= 15 is 0 Å². The van der Waals surface area contributed by atoms with Gasteiger partial charge in [0.1, 0.15) is 35.0 Å². The van der Waals surface area contributed by atoms with Crippen LogP contribution < -0.4 is 25.8 Å². The molecule has 7 aromatic rings. The van der Waals surface area contributed by atoms with Crippen LogP contribution in [0.25, 0.3) is 22.1 Å². The minimum atomic E-state index is -0.585. The molecule has 7 rings (SSSR count). The second kappa shape index (κ2) is 16.7. The Kier molecular flexibility index (Phi) is 11.3. The summed E-state index contributed by atoms with van der Waals surface area (Å²) in [4.78, 5) is 49.2. The monoisotopic (exact) mass is 797 g/mol. The van der Waals surface area contributed by atoms with E-state index in [0.717, 1.165) is 28.2 Å². The number of nitrogens with one attached hydrogen (secondary N) is 2. The van der Waals surface area contributed by atoms with Gasteiger partial charge in [0, 0.05) is 31.7 Å². The molecule has 0 fully saturated rings. The molecular weight excluding hydrogens is 751 g/mol. The first-order chi connectivity index (χ1) is 28.4. The van der Waals surface area contributed by atoms with Crippen LogP contribution >= 0.6 is 0 Å². The van der Waals surface area contributed by atoms with Gasteiger partial charge >= 0.3 is 0 Å². The molecule has 0 saturated heterocycles. The quantitative estimate of drug-likeness (QED) is 0.0952. The zero-order chi connectivity index (χ0) is 42.0. The minimum absolute atomic E-state index is 0.289. The number of anilines is 2. The van der Waals surface area contributed by atoms with Crippen LogP contribution in [0, 0.1) is 13.8 Å². The fraction of sp³-hybridized carbons (Fsp3) is 0.279. The second-order valence-electron chi connectivity index (χ2n) is 14.3. The second-order valence-corrected chi connectivity index (χ2v) is 14.3. The number of carbonyl (C=O) groups excluding carboxylic acids is 3. The van der Waals surface area contributed by atoms with E-state index < -0.39 is 5.91 Å². The summed E-state index contributed by atoms with van der Waals surface area (Å²) in [5.74, 6) is 0.661. The Labute approximate surface area is 340 Å².